The van der Waals surface area contributed by atoms with Crippen LogP contribution in [0, 0.1) is 5.92 Å². The Hall–Kier alpha value is -4.33. The molecular formula is C27H33N7O. The summed E-state index contributed by atoms with van der Waals surface area (Å²) in [6.07, 6.45) is 14.4. The lowest BCUT2D eigenvalue weighted by molar-refractivity contribution is 0.101. The molecule has 2 heterocycles. The SMILES string of the molecule is CC(=O)c1ccc(CN=CC(=CN)C2=CNC3C=CC(=N/C(N)=C/C(=C\N)C(C)C)NC3=C2)cc1. The highest BCUT2D eigenvalue weighted by molar-refractivity contribution is 5.97. The Bertz CT molecular complexity index is 1190. The minimum absolute atomic E-state index is 0.00572. The van der Waals surface area contributed by atoms with Gasteiger partial charge in [0.05, 0.1) is 12.6 Å². The number of carbonyl (C=O) groups is 1. The highest BCUT2D eigenvalue weighted by atomic mass is 16.1. The van der Waals surface area contributed by atoms with E-state index < -0.39 is 0 Å². The number of rotatable bonds is 8. The van der Waals surface area contributed by atoms with Crippen LogP contribution in [0.1, 0.15) is 36.7 Å². The molecule has 1 aromatic carbocycles. The first-order chi connectivity index (χ1) is 16.8. The van der Waals surface area contributed by atoms with E-state index in [9.17, 15) is 4.79 Å². The van der Waals surface area contributed by atoms with Crippen molar-refractivity contribution in [2.75, 3.05) is 0 Å². The zero-order valence-corrected chi connectivity index (χ0v) is 20.3. The number of allylic oxidation sites excluding steroid dienone is 5. The molecule has 35 heavy (non-hydrogen) atoms. The maximum Gasteiger partial charge on any atom is 0.159 e. The normalized spacial score (nSPS) is 19.8. The van der Waals surface area contributed by atoms with Gasteiger partial charge >= 0.3 is 0 Å². The number of nitrogens with two attached hydrogens (primary N) is 3. The summed E-state index contributed by atoms with van der Waals surface area (Å²) in [4.78, 5) is 20.4. The first-order valence-electron chi connectivity index (χ1n) is 11.4. The Balaban J connectivity index is 1.70. The first kappa shape index (κ1) is 25.3. The van der Waals surface area contributed by atoms with Crippen LogP contribution in [0.25, 0.3) is 0 Å². The number of ketones is 1. The van der Waals surface area contributed by atoms with Crippen LogP contribution in [0.2, 0.25) is 0 Å². The third-order valence-corrected chi connectivity index (χ3v) is 5.58. The maximum atomic E-state index is 11.4. The molecule has 1 atom stereocenters. The highest BCUT2D eigenvalue weighted by Crippen LogP contribution is 2.20. The third-order valence-electron chi connectivity index (χ3n) is 5.58. The van der Waals surface area contributed by atoms with Gasteiger partial charge in [-0.05, 0) is 48.4 Å². The lowest BCUT2D eigenvalue weighted by atomic mass is 9.99. The smallest absolute Gasteiger partial charge is 0.159 e. The Kier molecular flexibility index (Phi) is 8.45. The molecule has 8 N–H and O–H groups in total. The van der Waals surface area contributed by atoms with Crippen molar-refractivity contribution in [3.8, 4) is 0 Å². The van der Waals surface area contributed by atoms with Crippen molar-refractivity contribution in [2.45, 2.75) is 33.4 Å². The molecule has 0 saturated carbocycles. The second-order valence-electron chi connectivity index (χ2n) is 8.56. The first-order valence-corrected chi connectivity index (χ1v) is 11.4. The number of Topliss-reactive ketones (excluding diaryl/α,β-unsaturated/α-hetero) is 1. The molecule has 0 aliphatic carbocycles. The van der Waals surface area contributed by atoms with E-state index in [2.05, 4.69) is 20.6 Å². The summed E-state index contributed by atoms with van der Waals surface area (Å²) in [7, 11) is 0. The fourth-order valence-electron chi connectivity index (χ4n) is 3.51. The molecule has 0 spiro atoms. The van der Waals surface area contributed by atoms with Crippen LogP contribution in [-0.4, -0.2) is 23.9 Å². The van der Waals surface area contributed by atoms with E-state index in [1.807, 2.05) is 62.5 Å². The minimum Gasteiger partial charge on any atom is -0.404 e. The summed E-state index contributed by atoms with van der Waals surface area (Å²) < 4.78 is 0. The molecular weight excluding hydrogens is 438 g/mol. The molecule has 8 heteroatoms. The van der Waals surface area contributed by atoms with E-state index in [-0.39, 0.29) is 17.7 Å². The van der Waals surface area contributed by atoms with Crippen molar-refractivity contribution < 1.29 is 4.79 Å². The Morgan fingerprint density at radius 1 is 1.17 bits per heavy atom. The molecule has 0 saturated heterocycles. The summed E-state index contributed by atoms with van der Waals surface area (Å²) in [5.74, 6) is 1.29. The van der Waals surface area contributed by atoms with Crippen molar-refractivity contribution >= 4 is 17.8 Å². The topological polar surface area (TPSA) is 144 Å². The van der Waals surface area contributed by atoms with Gasteiger partial charge in [-0.2, -0.15) is 0 Å². The average Bonchev–Trinajstić information content (AvgIpc) is 2.85. The van der Waals surface area contributed by atoms with Gasteiger partial charge in [0, 0.05) is 41.0 Å². The van der Waals surface area contributed by atoms with Gasteiger partial charge in [-0.25, -0.2) is 4.99 Å². The average molecular weight is 472 g/mol. The number of amidine groups is 1. The van der Waals surface area contributed by atoms with E-state index in [0.717, 1.165) is 28.0 Å². The minimum atomic E-state index is -0.00572. The van der Waals surface area contributed by atoms with Crippen molar-refractivity contribution in [1.82, 2.24) is 10.6 Å². The quantitative estimate of drug-likeness (QED) is 0.224. The predicted molar refractivity (Wildman–Crippen MR) is 143 cm³/mol. The number of fused-ring (bicyclic) bond motifs is 1. The van der Waals surface area contributed by atoms with Gasteiger partial charge in [-0.3, -0.25) is 9.79 Å². The van der Waals surface area contributed by atoms with Crippen LogP contribution in [-0.2, 0) is 6.54 Å². The van der Waals surface area contributed by atoms with Crippen molar-refractivity contribution in [3.05, 3.63) is 107 Å². The largest absolute Gasteiger partial charge is 0.404 e. The Morgan fingerprint density at radius 2 is 1.91 bits per heavy atom. The third kappa shape index (κ3) is 6.83. The molecule has 1 aromatic rings. The number of dihydropyridines is 1. The summed E-state index contributed by atoms with van der Waals surface area (Å²) in [5, 5.41) is 6.67. The second kappa shape index (κ2) is 11.7. The van der Waals surface area contributed by atoms with Crippen LogP contribution >= 0.6 is 0 Å². The van der Waals surface area contributed by atoms with Gasteiger partial charge in [-0.15, -0.1) is 0 Å². The molecule has 0 radical (unpaired) electrons. The summed E-state index contributed by atoms with van der Waals surface area (Å²) in [6.45, 7) is 6.12. The molecule has 0 aromatic heterocycles. The van der Waals surface area contributed by atoms with Crippen LogP contribution in [0.5, 0.6) is 0 Å². The number of carbonyl (C=O) groups excluding carboxylic acids is 1. The number of benzene rings is 1. The fourth-order valence-corrected chi connectivity index (χ4v) is 3.51. The van der Waals surface area contributed by atoms with Crippen LogP contribution in [0.3, 0.4) is 0 Å². The fraction of sp³-hybridized carbons (Fsp3) is 0.222. The van der Waals surface area contributed by atoms with Gasteiger partial charge in [0.15, 0.2) is 5.78 Å². The van der Waals surface area contributed by atoms with Gasteiger partial charge in [0.2, 0.25) is 0 Å². The standard InChI is InChI=1S/C27H33N7O/c1-17(2)21(12-28)11-26(30)34-27-9-8-24-25(33-27)10-22(16-32-24)23(13-29)15-31-14-19-4-6-20(7-5-19)18(3)35/h4-13,15-17,24,32H,14,28-30H2,1-3H3,(H,33,34)/b21-12+,23-13?,26-11+,31-15?. The monoisotopic (exact) mass is 471 g/mol. The van der Waals surface area contributed by atoms with E-state index in [4.69, 9.17) is 17.2 Å². The number of nitrogens with one attached hydrogen (secondary N) is 2. The van der Waals surface area contributed by atoms with Gasteiger partial charge < -0.3 is 27.8 Å². The van der Waals surface area contributed by atoms with Gasteiger partial charge in [-0.1, -0.05) is 44.2 Å². The van der Waals surface area contributed by atoms with Crippen molar-refractivity contribution in [1.29, 1.82) is 0 Å². The molecule has 8 nitrogen and oxygen atoms in total. The van der Waals surface area contributed by atoms with Gasteiger partial charge in [0.1, 0.15) is 11.7 Å². The van der Waals surface area contributed by atoms with Crippen molar-refractivity contribution in [2.24, 2.45) is 33.1 Å². The van der Waals surface area contributed by atoms with Crippen LogP contribution in [0.4, 0.5) is 0 Å². The molecule has 2 aliphatic rings. The second-order valence-corrected chi connectivity index (χ2v) is 8.56. The lowest BCUT2D eigenvalue weighted by Gasteiger charge is -2.27. The van der Waals surface area contributed by atoms with E-state index in [1.54, 1.807) is 25.4 Å². The molecule has 3 rings (SSSR count). The lowest BCUT2D eigenvalue weighted by Crippen LogP contribution is -2.40. The van der Waals surface area contributed by atoms with E-state index in [1.165, 1.54) is 6.20 Å². The molecule has 0 bridgehead atoms. The summed E-state index contributed by atoms with van der Waals surface area (Å²) >= 11 is 0. The number of hydrogen-bond acceptors (Lipinski definition) is 7. The molecule has 2 aliphatic heterocycles. The maximum absolute atomic E-state index is 11.4. The van der Waals surface area contributed by atoms with E-state index >= 15 is 0 Å². The summed E-state index contributed by atoms with van der Waals surface area (Å²) in [6, 6.07) is 7.42. The van der Waals surface area contributed by atoms with E-state index in [0.29, 0.717) is 23.8 Å². The summed E-state index contributed by atoms with van der Waals surface area (Å²) in [5.41, 5.74) is 22.9. The molecule has 1 unspecified atom stereocenters. The Labute approximate surface area is 206 Å². The molecule has 182 valence electrons. The number of hydrogen-bond donors (Lipinski definition) is 5. The number of nitrogens with zero attached hydrogens (tertiary/aromatic N) is 2. The Morgan fingerprint density at radius 3 is 2.54 bits per heavy atom. The molecule has 0 fully saturated rings. The highest BCUT2D eigenvalue weighted by Gasteiger charge is 2.20. The number of aliphatic imine (C=N–C) groups is 2. The van der Waals surface area contributed by atoms with Crippen LogP contribution in [0.15, 0.2) is 105 Å². The van der Waals surface area contributed by atoms with Crippen molar-refractivity contribution in [3.63, 3.8) is 0 Å². The zero-order valence-electron chi connectivity index (χ0n) is 20.3. The predicted octanol–water partition coefficient (Wildman–Crippen LogP) is 2.90. The zero-order chi connectivity index (χ0) is 25.4. The molecule has 0 amide bonds. The van der Waals surface area contributed by atoms with Gasteiger partial charge in [0.25, 0.3) is 0 Å². The van der Waals surface area contributed by atoms with Crippen LogP contribution < -0.4 is 27.8 Å².